The molecular formula is C26H23NO2. The summed E-state index contributed by atoms with van der Waals surface area (Å²) >= 11 is 0. The Morgan fingerprint density at radius 1 is 0.862 bits per heavy atom. The van der Waals surface area contributed by atoms with Crippen LogP contribution in [-0.2, 0) is 9.59 Å². The van der Waals surface area contributed by atoms with Gasteiger partial charge < -0.3 is 0 Å². The first-order chi connectivity index (χ1) is 14.1. The average molecular weight is 381 g/mol. The van der Waals surface area contributed by atoms with Crippen molar-refractivity contribution in [3.8, 4) is 0 Å². The monoisotopic (exact) mass is 381 g/mol. The number of nitrogens with zero attached hydrogens (tertiary/aromatic N) is 1. The van der Waals surface area contributed by atoms with E-state index in [0.717, 1.165) is 46.3 Å². The highest BCUT2D eigenvalue weighted by molar-refractivity contribution is 6.07. The molecule has 0 spiro atoms. The van der Waals surface area contributed by atoms with E-state index in [4.69, 9.17) is 0 Å². The second-order valence-corrected chi connectivity index (χ2v) is 8.07. The van der Waals surface area contributed by atoms with Crippen LogP contribution in [0, 0.1) is 6.92 Å². The third-order valence-electron chi connectivity index (χ3n) is 6.14. The van der Waals surface area contributed by atoms with Crippen molar-refractivity contribution < 1.29 is 9.59 Å². The van der Waals surface area contributed by atoms with E-state index in [9.17, 15) is 9.59 Å². The van der Waals surface area contributed by atoms with E-state index in [2.05, 4.69) is 30.3 Å². The first kappa shape index (κ1) is 17.9. The first-order valence-corrected chi connectivity index (χ1v) is 10.3. The van der Waals surface area contributed by atoms with Gasteiger partial charge in [0.2, 0.25) is 5.91 Å². The number of allylic oxidation sites excluding steroid dienone is 2. The normalized spacial score (nSPS) is 19.6. The van der Waals surface area contributed by atoms with Gasteiger partial charge in [0.05, 0.1) is 0 Å². The van der Waals surface area contributed by atoms with Crippen molar-refractivity contribution in [2.75, 3.05) is 4.90 Å². The molecule has 29 heavy (non-hydrogen) atoms. The standard InChI is InChI=1S/C26H23NO2/c1-17-9-13-21(14-10-17)27-23-7-4-8-24(28)26(23)22(16-25(27)29)20-12-11-18-5-2-3-6-19(18)15-20/h2-3,5-6,9-15,22H,4,7-8,16H2,1H3. The summed E-state index contributed by atoms with van der Waals surface area (Å²) in [6.07, 6.45) is 2.47. The zero-order valence-corrected chi connectivity index (χ0v) is 16.5. The molecule has 5 rings (SSSR count). The predicted molar refractivity (Wildman–Crippen MR) is 116 cm³/mol. The minimum atomic E-state index is -0.156. The van der Waals surface area contributed by atoms with Gasteiger partial charge >= 0.3 is 0 Å². The highest BCUT2D eigenvalue weighted by Gasteiger charge is 2.39. The number of Topliss-reactive ketones (excluding diaryl/α,β-unsaturated/α-hetero) is 1. The molecule has 0 N–H and O–H groups in total. The summed E-state index contributed by atoms with van der Waals surface area (Å²) in [5, 5.41) is 2.31. The number of amides is 1. The van der Waals surface area contributed by atoms with Crippen molar-refractivity contribution in [2.24, 2.45) is 0 Å². The van der Waals surface area contributed by atoms with Crippen LogP contribution in [0.15, 0.2) is 78.0 Å². The zero-order valence-electron chi connectivity index (χ0n) is 16.5. The highest BCUT2D eigenvalue weighted by Crippen LogP contribution is 2.43. The van der Waals surface area contributed by atoms with Gasteiger partial charge in [0.15, 0.2) is 5.78 Å². The minimum absolute atomic E-state index is 0.0699. The van der Waals surface area contributed by atoms with Crippen molar-refractivity contribution >= 4 is 28.2 Å². The second-order valence-electron chi connectivity index (χ2n) is 8.07. The number of rotatable bonds is 2. The van der Waals surface area contributed by atoms with Crippen molar-refractivity contribution in [1.29, 1.82) is 0 Å². The van der Waals surface area contributed by atoms with E-state index in [1.165, 1.54) is 5.39 Å². The second kappa shape index (κ2) is 7.00. The average Bonchev–Trinajstić information content (AvgIpc) is 2.74. The number of aryl methyl sites for hydroxylation is 1. The van der Waals surface area contributed by atoms with Gasteiger partial charge in [-0.3, -0.25) is 14.5 Å². The Labute approximate surface area is 170 Å². The molecule has 1 amide bonds. The number of hydrogen-bond donors (Lipinski definition) is 0. The maximum absolute atomic E-state index is 13.3. The zero-order chi connectivity index (χ0) is 20.0. The van der Waals surface area contributed by atoms with Crippen LogP contribution in [0.1, 0.15) is 42.7 Å². The highest BCUT2D eigenvalue weighted by atomic mass is 16.2. The van der Waals surface area contributed by atoms with Crippen molar-refractivity contribution in [3.05, 3.63) is 89.1 Å². The van der Waals surface area contributed by atoms with Crippen LogP contribution in [-0.4, -0.2) is 11.7 Å². The number of anilines is 1. The lowest BCUT2D eigenvalue weighted by molar-refractivity contribution is -0.119. The molecule has 0 saturated heterocycles. The maximum Gasteiger partial charge on any atom is 0.232 e. The fourth-order valence-corrected chi connectivity index (χ4v) is 4.70. The number of carbonyl (C=O) groups excluding carboxylic acids is 2. The quantitative estimate of drug-likeness (QED) is 0.573. The summed E-state index contributed by atoms with van der Waals surface area (Å²) in [5.74, 6) is 0.103. The fraction of sp³-hybridized carbons (Fsp3) is 0.231. The minimum Gasteiger partial charge on any atom is -0.294 e. The molecule has 0 aromatic heterocycles. The molecule has 3 heteroatoms. The Kier molecular flexibility index (Phi) is 4.31. The molecule has 0 radical (unpaired) electrons. The molecule has 0 bridgehead atoms. The number of carbonyl (C=O) groups is 2. The SMILES string of the molecule is Cc1ccc(N2C(=O)CC(c3ccc4ccccc4c3)C3=C2CCCC3=O)cc1. The van der Waals surface area contributed by atoms with E-state index in [1.807, 2.05) is 43.3 Å². The van der Waals surface area contributed by atoms with Crippen LogP contribution in [0.3, 0.4) is 0 Å². The van der Waals surface area contributed by atoms with Gasteiger partial charge in [-0.05, 0) is 48.2 Å². The molecule has 3 aromatic carbocycles. The Bertz CT molecular complexity index is 1160. The van der Waals surface area contributed by atoms with Gasteiger partial charge in [0, 0.05) is 35.7 Å². The van der Waals surface area contributed by atoms with E-state index in [0.29, 0.717) is 12.8 Å². The molecule has 144 valence electrons. The van der Waals surface area contributed by atoms with Gasteiger partial charge in [0.1, 0.15) is 0 Å². The fourth-order valence-electron chi connectivity index (χ4n) is 4.70. The largest absolute Gasteiger partial charge is 0.294 e. The summed E-state index contributed by atoms with van der Waals surface area (Å²) in [4.78, 5) is 28.1. The van der Waals surface area contributed by atoms with Crippen LogP contribution in [0.5, 0.6) is 0 Å². The van der Waals surface area contributed by atoms with Gasteiger partial charge in [-0.25, -0.2) is 0 Å². The molecule has 0 saturated carbocycles. The topological polar surface area (TPSA) is 37.4 Å². The molecule has 1 aliphatic heterocycles. The lowest BCUT2D eigenvalue weighted by Gasteiger charge is -2.38. The molecule has 3 aromatic rings. The maximum atomic E-state index is 13.3. The van der Waals surface area contributed by atoms with Crippen LogP contribution in [0.25, 0.3) is 10.8 Å². The van der Waals surface area contributed by atoms with E-state index in [1.54, 1.807) is 4.90 Å². The van der Waals surface area contributed by atoms with Crippen LogP contribution in [0.4, 0.5) is 5.69 Å². The first-order valence-electron chi connectivity index (χ1n) is 10.3. The van der Waals surface area contributed by atoms with Crippen LogP contribution >= 0.6 is 0 Å². The van der Waals surface area contributed by atoms with Gasteiger partial charge in [0.25, 0.3) is 0 Å². The van der Waals surface area contributed by atoms with E-state index >= 15 is 0 Å². The van der Waals surface area contributed by atoms with Crippen molar-refractivity contribution in [2.45, 2.75) is 38.5 Å². The molecule has 3 nitrogen and oxygen atoms in total. The number of fused-ring (bicyclic) bond motifs is 1. The van der Waals surface area contributed by atoms with Crippen molar-refractivity contribution in [1.82, 2.24) is 0 Å². The summed E-state index contributed by atoms with van der Waals surface area (Å²) in [6.45, 7) is 2.03. The molecule has 1 aliphatic carbocycles. The Morgan fingerprint density at radius 3 is 2.41 bits per heavy atom. The molecule has 1 atom stereocenters. The van der Waals surface area contributed by atoms with Gasteiger partial charge in [-0.15, -0.1) is 0 Å². The molecule has 1 unspecified atom stereocenters. The summed E-state index contributed by atoms with van der Waals surface area (Å²) in [6, 6.07) is 22.5. The van der Waals surface area contributed by atoms with Crippen LogP contribution < -0.4 is 4.90 Å². The number of ketones is 1. The van der Waals surface area contributed by atoms with Crippen molar-refractivity contribution in [3.63, 3.8) is 0 Å². The Morgan fingerprint density at radius 2 is 1.62 bits per heavy atom. The molecule has 0 fully saturated rings. The lowest BCUT2D eigenvalue weighted by atomic mass is 9.77. The van der Waals surface area contributed by atoms with Gasteiger partial charge in [-0.1, -0.05) is 60.2 Å². The molecular weight excluding hydrogens is 358 g/mol. The van der Waals surface area contributed by atoms with E-state index < -0.39 is 0 Å². The third-order valence-corrected chi connectivity index (χ3v) is 6.14. The van der Waals surface area contributed by atoms with Gasteiger partial charge in [-0.2, -0.15) is 0 Å². The molecule has 2 aliphatic rings. The number of benzene rings is 3. The number of hydrogen-bond acceptors (Lipinski definition) is 2. The molecule has 1 heterocycles. The lowest BCUT2D eigenvalue weighted by Crippen LogP contribution is -2.40. The summed E-state index contributed by atoms with van der Waals surface area (Å²) in [5.41, 5.74) is 4.82. The Hall–Kier alpha value is -3.20. The van der Waals surface area contributed by atoms with E-state index in [-0.39, 0.29) is 17.6 Å². The smallest absolute Gasteiger partial charge is 0.232 e. The predicted octanol–water partition coefficient (Wildman–Crippen LogP) is 5.68. The summed E-state index contributed by atoms with van der Waals surface area (Å²) < 4.78 is 0. The Balaban J connectivity index is 1.65. The summed E-state index contributed by atoms with van der Waals surface area (Å²) in [7, 11) is 0. The van der Waals surface area contributed by atoms with Crippen LogP contribution in [0.2, 0.25) is 0 Å². The third kappa shape index (κ3) is 3.07.